The topological polar surface area (TPSA) is 22.0 Å². The summed E-state index contributed by atoms with van der Waals surface area (Å²) in [5.74, 6) is 0.987. The van der Waals surface area contributed by atoms with Gasteiger partial charge in [0, 0.05) is 27.6 Å². The van der Waals surface area contributed by atoms with Gasteiger partial charge in [-0.15, -0.1) is 0 Å². The molecule has 1 rings (SSSR count). The monoisotopic (exact) mass is 309 g/mol. The lowest BCUT2D eigenvalue weighted by Gasteiger charge is -2.09. The molecule has 4 heteroatoms. The molecule has 72 valence electrons. The van der Waals surface area contributed by atoms with Crippen LogP contribution >= 0.6 is 34.4 Å². The summed E-state index contributed by atoms with van der Waals surface area (Å²) in [6.45, 7) is 2.80. The lowest BCUT2D eigenvalue weighted by Crippen LogP contribution is -2.23. The molecule has 0 saturated carbocycles. The maximum Gasteiger partial charge on any atom is 0.250 e. The van der Waals surface area contributed by atoms with Crippen LogP contribution in [0.15, 0.2) is 16.9 Å². The minimum Gasteiger partial charge on any atom is -0.311 e. The first-order valence-corrected chi connectivity index (χ1v) is 6.49. The van der Waals surface area contributed by atoms with E-state index in [0.29, 0.717) is 0 Å². The zero-order chi connectivity index (χ0) is 9.84. The molecule has 13 heavy (non-hydrogen) atoms. The smallest absolute Gasteiger partial charge is 0.250 e. The normalized spacial score (nSPS) is 10.4. The third-order valence-electron chi connectivity index (χ3n) is 1.91. The summed E-state index contributed by atoms with van der Waals surface area (Å²) in [5, 5.41) is 0. The van der Waals surface area contributed by atoms with Crippen molar-refractivity contribution in [2.75, 3.05) is 12.0 Å². The molecule has 0 radical (unpaired) electrons. The van der Waals surface area contributed by atoms with Gasteiger partial charge in [0.05, 0.1) is 0 Å². The summed E-state index contributed by atoms with van der Waals surface area (Å²) in [7, 11) is 0. The number of rotatable bonds is 3. The maximum atomic E-state index is 11.4. The molecular weight excluding hydrogens is 297 g/mol. The second-order valence-corrected chi connectivity index (χ2v) is 4.90. The lowest BCUT2D eigenvalue weighted by atomic mass is 10.3. The van der Waals surface area contributed by atoms with E-state index in [9.17, 15) is 4.79 Å². The molecule has 0 aliphatic heterocycles. The van der Waals surface area contributed by atoms with E-state index in [1.807, 2.05) is 23.8 Å². The highest BCUT2D eigenvalue weighted by atomic mass is 127. The predicted molar refractivity (Wildman–Crippen MR) is 66.5 cm³/mol. The Bertz CT molecular complexity index is 348. The van der Waals surface area contributed by atoms with Crippen LogP contribution in [0.4, 0.5) is 0 Å². The van der Waals surface area contributed by atoms with Crippen LogP contribution in [-0.2, 0) is 6.54 Å². The van der Waals surface area contributed by atoms with E-state index in [1.54, 1.807) is 17.8 Å². The SMILES string of the molecule is CSCCn1c(C)c(I)ccc1=O. The quantitative estimate of drug-likeness (QED) is 0.798. The van der Waals surface area contributed by atoms with Gasteiger partial charge in [-0.1, -0.05) is 0 Å². The number of hydrogen-bond acceptors (Lipinski definition) is 2. The van der Waals surface area contributed by atoms with Crippen molar-refractivity contribution in [2.24, 2.45) is 0 Å². The van der Waals surface area contributed by atoms with Gasteiger partial charge in [-0.25, -0.2) is 0 Å². The second kappa shape index (κ2) is 5.05. The summed E-state index contributed by atoms with van der Waals surface area (Å²) in [5.41, 5.74) is 1.18. The van der Waals surface area contributed by atoms with Gasteiger partial charge in [-0.2, -0.15) is 11.8 Å². The number of aromatic nitrogens is 1. The van der Waals surface area contributed by atoms with Crippen molar-refractivity contribution in [3.8, 4) is 0 Å². The first-order valence-electron chi connectivity index (χ1n) is 4.01. The molecule has 0 amide bonds. The molecule has 0 atom stereocenters. The number of hydrogen-bond donors (Lipinski definition) is 0. The van der Waals surface area contributed by atoms with E-state index in [2.05, 4.69) is 22.6 Å². The van der Waals surface area contributed by atoms with E-state index in [0.717, 1.165) is 21.6 Å². The van der Waals surface area contributed by atoms with Gasteiger partial charge in [0.2, 0.25) is 0 Å². The fourth-order valence-corrected chi connectivity index (χ4v) is 1.95. The van der Waals surface area contributed by atoms with Gasteiger partial charge < -0.3 is 4.57 Å². The number of pyridine rings is 1. The summed E-state index contributed by atoms with van der Waals surface area (Å²) >= 11 is 4.01. The fraction of sp³-hybridized carbons (Fsp3) is 0.444. The Kier molecular flexibility index (Phi) is 4.31. The van der Waals surface area contributed by atoms with Crippen molar-refractivity contribution in [1.29, 1.82) is 0 Å². The van der Waals surface area contributed by atoms with Crippen LogP contribution in [0.3, 0.4) is 0 Å². The van der Waals surface area contributed by atoms with Crippen molar-refractivity contribution in [2.45, 2.75) is 13.5 Å². The van der Waals surface area contributed by atoms with Gasteiger partial charge in [-0.3, -0.25) is 4.79 Å². The van der Waals surface area contributed by atoms with Crippen LogP contribution in [0.25, 0.3) is 0 Å². The summed E-state index contributed by atoms with van der Waals surface area (Å²) in [6, 6.07) is 3.50. The molecule has 0 spiro atoms. The molecule has 0 aliphatic carbocycles. The highest BCUT2D eigenvalue weighted by molar-refractivity contribution is 14.1. The zero-order valence-electron chi connectivity index (χ0n) is 7.71. The predicted octanol–water partition coefficient (Wildman–Crippen LogP) is 2.12. The third-order valence-corrected chi connectivity index (χ3v) is 3.64. The highest BCUT2D eigenvalue weighted by Crippen LogP contribution is 2.08. The standard InChI is InChI=1S/C9H12INOS/c1-7-8(10)3-4-9(12)11(7)5-6-13-2/h3-4H,5-6H2,1-2H3. The average molecular weight is 309 g/mol. The van der Waals surface area contributed by atoms with Crippen molar-refractivity contribution in [3.05, 3.63) is 31.8 Å². The first-order chi connectivity index (χ1) is 6.16. The molecule has 0 aliphatic rings. The van der Waals surface area contributed by atoms with Crippen LogP contribution in [0.2, 0.25) is 0 Å². The van der Waals surface area contributed by atoms with Crippen LogP contribution < -0.4 is 5.56 Å². The summed E-state index contributed by atoms with van der Waals surface area (Å²) in [4.78, 5) is 11.4. The summed E-state index contributed by atoms with van der Waals surface area (Å²) in [6.07, 6.45) is 2.05. The molecule has 0 bridgehead atoms. The van der Waals surface area contributed by atoms with Gasteiger partial charge in [-0.05, 0) is 41.8 Å². The molecule has 0 unspecified atom stereocenters. The van der Waals surface area contributed by atoms with Crippen LogP contribution in [-0.4, -0.2) is 16.6 Å². The lowest BCUT2D eigenvalue weighted by molar-refractivity contribution is 0.704. The first kappa shape index (κ1) is 11.1. The maximum absolute atomic E-state index is 11.4. The molecule has 0 saturated heterocycles. The Morgan fingerprint density at radius 3 is 2.85 bits per heavy atom. The molecular formula is C9H12INOS. The Labute approximate surface area is 95.9 Å². The van der Waals surface area contributed by atoms with Crippen molar-refractivity contribution >= 4 is 34.4 Å². The van der Waals surface area contributed by atoms with Gasteiger partial charge in [0.15, 0.2) is 0 Å². The number of thioether (sulfide) groups is 1. The Hall–Kier alpha value is 0.0300. The Balaban J connectivity index is 3.03. The van der Waals surface area contributed by atoms with Crippen LogP contribution in [0.5, 0.6) is 0 Å². The van der Waals surface area contributed by atoms with E-state index < -0.39 is 0 Å². The molecule has 1 aromatic heterocycles. The Morgan fingerprint density at radius 2 is 2.23 bits per heavy atom. The van der Waals surface area contributed by atoms with Gasteiger partial charge >= 0.3 is 0 Å². The van der Waals surface area contributed by atoms with Crippen molar-refractivity contribution in [1.82, 2.24) is 4.57 Å². The molecule has 2 nitrogen and oxygen atoms in total. The highest BCUT2D eigenvalue weighted by Gasteiger charge is 2.02. The van der Waals surface area contributed by atoms with Crippen LogP contribution in [0, 0.1) is 10.5 Å². The second-order valence-electron chi connectivity index (χ2n) is 2.75. The number of nitrogens with zero attached hydrogens (tertiary/aromatic N) is 1. The average Bonchev–Trinajstić information content (AvgIpc) is 2.12. The van der Waals surface area contributed by atoms with Crippen molar-refractivity contribution in [3.63, 3.8) is 0 Å². The fourth-order valence-electron chi connectivity index (χ4n) is 1.11. The molecule has 1 aromatic rings. The van der Waals surface area contributed by atoms with E-state index in [4.69, 9.17) is 0 Å². The van der Waals surface area contributed by atoms with E-state index >= 15 is 0 Å². The summed E-state index contributed by atoms with van der Waals surface area (Å²) < 4.78 is 2.98. The number of halogens is 1. The van der Waals surface area contributed by atoms with E-state index in [-0.39, 0.29) is 5.56 Å². The minimum absolute atomic E-state index is 0.104. The van der Waals surface area contributed by atoms with Gasteiger partial charge in [0.25, 0.3) is 5.56 Å². The zero-order valence-corrected chi connectivity index (χ0v) is 10.7. The molecule has 0 fully saturated rings. The van der Waals surface area contributed by atoms with Crippen molar-refractivity contribution < 1.29 is 0 Å². The largest absolute Gasteiger partial charge is 0.311 e. The molecule has 0 N–H and O–H groups in total. The molecule has 1 heterocycles. The molecule has 0 aromatic carbocycles. The van der Waals surface area contributed by atoms with Gasteiger partial charge in [0.1, 0.15) is 0 Å². The van der Waals surface area contributed by atoms with Crippen LogP contribution in [0.1, 0.15) is 5.69 Å². The minimum atomic E-state index is 0.104. The third kappa shape index (κ3) is 2.74. The van der Waals surface area contributed by atoms with E-state index in [1.165, 1.54) is 0 Å². The Morgan fingerprint density at radius 1 is 1.54 bits per heavy atom.